The Bertz CT molecular complexity index is 849. The van der Waals surface area contributed by atoms with Crippen LogP contribution in [0.15, 0.2) is 60.0 Å². The van der Waals surface area contributed by atoms with Crippen molar-refractivity contribution >= 4 is 22.5 Å². The lowest BCUT2D eigenvalue weighted by atomic mass is 10.1. The number of anilines is 1. The van der Waals surface area contributed by atoms with E-state index in [2.05, 4.69) is 10.3 Å². The maximum absolute atomic E-state index is 13.0. The molecule has 4 nitrogen and oxygen atoms in total. The minimum Gasteiger partial charge on any atom is -0.321 e. The second-order valence-corrected chi connectivity index (χ2v) is 6.53. The van der Waals surface area contributed by atoms with Gasteiger partial charge in [-0.25, -0.2) is 14.2 Å². The molecule has 3 aromatic rings. The molecule has 25 heavy (non-hydrogen) atoms. The average molecular weight is 355 g/mol. The Balaban J connectivity index is 1.67. The molecular weight excluding hydrogens is 337 g/mol. The van der Waals surface area contributed by atoms with Gasteiger partial charge < -0.3 is 4.90 Å². The summed E-state index contributed by atoms with van der Waals surface area (Å²) in [6.45, 7) is 1.89. The van der Waals surface area contributed by atoms with Gasteiger partial charge in [0.05, 0.1) is 11.7 Å². The monoisotopic (exact) mass is 355 g/mol. The zero-order valence-corrected chi connectivity index (χ0v) is 14.8. The van der Waals surface area contributed by atoms with Crippen LogP contribution in [0.4, 0.5) is 14.3 Å². The molecule has 0 spiro atoms. The minimum atomic E-state index is -0.292. The first-order valence-corrected chi connectivity index (χ1v) is 8.73. The van der Waals surface area contributed by atoms with E-state index in [1.165, 1.54) is 23.5 Å². The topological polar surface area (TPSA) is 45.2 Å². The Morgan fingerprint density at radius 2 is 1.84 bits per heavy atom. The van der Waals surface area contributed by atoms with Crippen LogP contribution in [0.3, 0.4) is 0 Å². The van der Waals surface area contributed by atoms with Crippen LogP contribution in [0.2, 0.25) is 0 Å². The largest absolute Gasteiger partial charge is 0.323 e. The Labute approximate surface area is 150 Å². The number of aromatic nitrogens is 1. The van der Waals surface area contributed by atoms with Gasteiger partial charge in [-0.3, -0.25) is 5.32 Å². The van der Waals surface area contributed by atoms with Crippen molar-refractivity contribution in [1.29, 1.82) is 0 Å². The zero-order valence-electron chi connectivity index (χ0n) is 13.9. The number of carbonyl (C=O) groups is 1. The van der Waals surface area contributed by atoms with Gasteiger partial charge in [0.15, 0.2) is 5.13 Å². The maximum Gasteiger partial charge on any atom is 0.323 e. The lowest BCUT2D eigenvalue weighted by Crippen LogP contribution is -2.33. The first-order valence-electron chi connectivity index (χ1n) is 7.85. The van der Waals surface area contributed by atoms with Crippen LogP contribution in [0.25, 0.3) is 11.3 Å². The lowest BCUT2D eigenvalue weighted by Gasteiger charge is -2.25. The normalized spacial score (nSPS) is 11.8. The number of carbonyl (C=O) groups excluding carboxylic acids is 1. The van der Waals surface area contributed by atoms with E-state index >= 15 is 0 Å². The predicted octanol–water partition coefficient (Wildman–Crippen LogP) is 5.17. The smallest absolute Gasteiger partial charge is 0.321 e. The molecule has 0 saturated heterocycles. The molecule has 1 atom stereocenters. The summed E-state index contributed by atoms with van der Waals surface area (Å²) in [4.78, 5) is 18.5. The van der Waals surface area contributed by atoms with E-state index in [9.17, 15) is 9.18 Å². The van der Waals surface area contributed by atoms with Crippen LogP contribution in [-0.4, -0.2) is 23.0 Å². The van der Waals surface area contributed by atoms with Crippen molar-refractivity contribution < 1.29 is 9.18 Å². The fourth-order valence-corrected chi connectivity index (χ4v) is 3.10. The third-order valence-electron chi connectivity index (χ3n) is 4.04. The fraction of sp³-hybridized carbons (Fsp3) is 0.158. The summed E-state index contributed by atoms with van der Waals surface area (Å²) in [5.74, 6) is -0.292. The summed E-state index contributed by atoms with van der Waals surface area (Å²) in [6, 6.07) is 15.5. The van der Waals surface area contributed by atoms with E-state index < -0.39 is 0 Å². The van der Waals surface area contributed by atoms with Gasteiger partial charge in [0, 0.05) is 18.0 Å². The van der Waals surface area contributed by atoms with Gasteiger partial charge >= 0.3 is 6.03 Å². The fourth-order valence-electron chi connectivity index (χ4n) is 2.39. The number of nitrogens with one attached hydrogen (secondary N) is 1. The van der Waals surface area contributed by atoms with Gasteiger partial charge in [-0.2, -0.15) is 0 Å². The van der Waals surface area contributed by atoms with Crippen LogP contribution < -0.4 is 5.32 Å². The van der Waals surface area contributed by atoms with Gasteiger partial charge in [0.1, 0.15) is 5.82 Å². The predicted molar refractivity (Wildman–Crippen MR) is 99.1 cm³/mol. The highest BCUT2D eigenvalue weighted by atomic mass is 32.1. The van der Waals surface area contributed by atoms with E-state index in [4.69, 9.17) is 0 Å². The third kappa shape index (κ3) is 4.03. The van der Waals surface area contributed by atoms with E-state index in [0.29, 0.717) is 5.13 Å². The number of hydrogen-bond donors (Lipinski definition) is 1. The van der Waals surface area contributed by atoms with Crippen molar-refractivity contribution in [3.63, 3.8) is 0 Å². The average Bonchev–Trinajstić information content (AvgIpc) is 3.10. The van der Waals surface area contributed by atoms with Crippen LogP contribution in [0, 0.1) is 5.82 Å². The number of rotatable bonds is 4. The van der Waals surface area contributed by atoms with E-state index in [-0.39, 0.29) is 17.9 Å². The van der Waals surface area contributed by atoms with Gasteiger partial charge in [0.25, 0.3) is 0 Å². The Morgan fingerprint density at radius 3 is 2.52 bits per heavy atom. The second-order valence-electron chi connectivity index (χ2n) is 5.67. The standard InChI is InChI=1S/C19H18FN3OS/c1-13(14-8-10-16(20)11-9-14)23(2)19(24)22-18-21-17(12-25-18)15-6-4-3-5-7-15/h3-13H,1-2H3,(H,21,22,24). The van der Waals surface area contributed by atoms with Crippen LogP contribution in [0.1, 0.15) is 18.5 Å². The number of halogens is 1. The molecule has 0 radical (unpaired) electrons. The molecule has 2 aromatic carbocycles. The molecule has 128 valence electrons. The summed E-state index contributed by atoms with van der Waals surface area (Å²) in [7, 11) is 1.70. The van der Waals surface area contributed by atoms with E-state index in [1.54, 1.807) is 24.1 Å². The number of amides is 2. The highest BCUT2D eigenvalue weighted by Gasteiger charge is 2.18. The maximum atomic E-state index is 13.0. The molecule has 0 saturated carbocycles. The number of hydrogen-bond acceptors (Lipinski definition) is 3. The molecule has 6 heteroatoms. The molecular formula is C19H18FN3OS. The third-order valence-corrected chi connectivity index (χ3v) is 4.80. The van der Waals surface area contributed by atoms with Crippen LogP contribution in [0.5, 0.6) is 0 Å². The summed E-state index contributed by atoms with van der Waals surface area (Å²) >= 11 is 1.38. The molecule has 0 aliphatic rings. The van der Waals surface area contributed by atoms with Crippen molar-refractivity contribution in [2.24, 2.45) is 0 Å². The summed E-state index contributed by atoms with van der Waals surface area (Å²) in [6.07, 6.45) is 0. The first kappa shape index (κ1) is 17.1. The molecule has 0 aliphatic heterocycles. The number of benzene rings is 2. The molecule has 0 fully saturated rings. The Morgan fingerprint density at radius 1 is 1.16 bits per heavy atom. The molecule has 3 rings (SSSR count). The van der Waals surface area contributed by atoms with Gasteiger partial charge in [-0.05, 0) is 24.6 Å². The van der Waals surface area contributed by atoms with Crippen LogP contribution >= 0.6 is 11.3 Å². The summed E-state index contributed by atoms with van der Waals surface area (Å²) in [5.41, 5.74) is 2.70. The van der Waals surface area contributed by atoms with Gasteiger partial charge in [-0.15, -0.1) is 11.3 Å². The highest BCUT2D eigenvalue weighted by molar-refractivity contribution is 7.14. The molecule has 2 amide bonds. The van der Waals surface area contributed by atoms with Gasteiger partial charge in [-0.1, -0.05) is 42.5 Å². The van der Waals surface area contributed by atoms with Crippen molar-refractivity contribution in [2.75, 3.05) is 12.4 Å². The lowest BCUT2D eigenvalue weighted by molar-refractivity contribution is 0.208. The van der Waals surface area contributed by atoms with Crippen molar-refractivity contribution in [3.8, 4) is 11.3 Å². The van der Waals surface area contributed by atoms with E-state index in [0.717, 1.165) is 16.8 Å². The highest BCUT2D eigenvalue weighted by Crippen LogP contribution is 2.26. The molecule has 1 unspecified atom stereocenters. The van der Waals surface area contributed by atoms with Crippen molar-refractivity contribution in [3.05, 3.63) is 71.4 Å². The van der Waals surface area contributed by atoms with Gasteiger partial charge in [0.2, 0.25) is 0 Å². The van der Waals surface area contributed by atoms with Crippen LogP contribution in [-0.2, 0) is 0 Å². The minimum absolute atomic E-state index is 0.186. The number of urea groups is 1. The Kier molecular flexibility index (Phi) is 5.09. The number of nitrogens with zero attached hydrogens (tertiary/aromatic N) is 2. The van der Waals surface area contributed by atoms with Crippen molar-refractivity contribution in [2.45, 2.75) is 13.0 Å². The van der Waals surface area contributed by atoms with Crippen molar-refractivity contribution in [1.82, 2.24) is 9.88 Å². The van der Waals surface area contributed by atoms with E-state index in [1.807, 2.05) is 42.6 Å². The Hall–Kier alpha value is -2.73. The molecule has 0 bridgehead atoms. The SMILES string of the molecule is CC(c1ccc(F)cc1)N(C)C(=O)Nc1nc(-c2ccccc2)cs1. The molecule has 1 N–H and O–H groups in total. The molecule has 1 aromatic heterocycles. The molecule has 1 heterocycles. The molecule has 0 aliphatic carbocycles. The number of thiazole rings is 1. The zero-order chi connectivity index (χ0) is 17.8. The second kappa shape index (κ2) is 7.44. The first-order chi connectivity index (χ1) is 12.0. The summed E-state index contributed by atoms with van der Waals surface area (Å²) in [5, 5.41) is 5.27. The quantitative estimate of drug-likeness (QED) is 0.701. The summed E-state index contributed by atoms with van der Waals surface area (Å²) < 4.78 is 13.0.